The number of amides is 2. The normalized spacial score (nSPS) is 13.2. The Bertz CT molecular complexity index is 1180. The van der Waals surface area contributed by atoms with E-state index in [1.807, 2.05) is 0 Å². The number of nitrogens with one attached hydrogen (secondary N) is 2. The van der Waals surface area contributed by atoms with Gasteiger partial charge in [0, 0.05) is 28.3 Å². The number of benzene rings is 1. The third-order valence-electron chi connectivity index (χ3n) is 4.64. The molecule has 1 saturated carbocycles. The summed E-state index contributed by atoms with van der Waals surface area (Å²) in [5, 5.41) is 10.7. The Labute approximate surface area is 204 Å². The minimum atomic E-state index is -0.501. The quantitative estimate of drug-likeness (QED) is 0.399. The maximum Gasteiger partial charge on any atom is 0.274 e. The van der Waals surface area contributed by atoms with E-state index in [9.17, 15) is 9.59 Å². The van der Waals surface area contributed by atoms with Crippen molar-refractivity contribution < 1.29 is 9.59 Å². The average Bonchev–Trinajstić information content (AvgIpc) is 3.48. The van der Waals surface area contributed by atoms with Gasteiger partial charge >= 0.3 is 0 Å². The van der Waals surface area contributed by atoms with Gasteiger partial charge in [-0.2, -0.15) is 5.10 Å². The average molecular weight is 588 g/mol. The molecule has 2 heterocycles. The SMILES string of the molecule is O=C(NCC1CC1)c1cc(Cl)cc(Br)c1NC(=O)c1cc(Br)nn1-c1ncccc1Cl. The van der Waals surface area contributed by atoms with Crippen LogP contribution in [0.1, 0.15) is 33.7 Å². The van der Waals surface area contributed by atoms with Crippen molar-refractivity contribution in [3.05, 3.63) is 66.9 Å². The summed E-state index contributed by atoms with van der Waals surface area (Å²) < 4.78 is 2.24. The molecule has 160 valence electrons. The number of anilines is 1. The number of carbonyl (C=O) groups is 2. The monoisotopic (exact) mass is 585 g/mol. The molecule has 1 aliphatic carbocycles. The molecule has 7 nitrogen and oxygen atoms in total. The van der Waals surface area contributed by atoms with Crippen molar-refractivity contribution in [2.45, 2.75) is 12.8 Å². The third-order valence-corrected chi connectivity index (χ3v) is 6.16. The zero-order valence-electron chi connectivity index (χ0n) is 15.8. The van der Waals surface area contributed by atoms with Gasteiger partial charge < -0.3 is 10.6 Å². The fourth-order valence-electron chi connectivity index (χ4n) is 2.92. The highest BCUT2D eigenvalue weighted by atomic mass is 79.9. The molecule has 31 heavy (non-hydrogen) atoms. The number of pyridine rings is 1. The number of nitrogens with zero attached hydrogens (tertiary/aromatic N) is 3. The zero-order chi connectivity index (χ0) is 22.1. The van der Waals surface area contributed by atoms with E-state index in [2.05, 4.69) is 52.6 Å². The molecule has 0 bridgehead atoms. The minimum Gasteiger partial charge on any atom is -0.352 e. The smallest absolute Gasteiger partial charge is 0.274 e. The molecular weight excluding hydrogens is 573 g/mol. The predicted octanol–water partition coefficient (Wildman–Crippen LogP) is 5.49. The van der Waals surface area contributed by atoms with Crippen molar-refractivity contribution >= 4 is 72.6 Å². The van der Waals surface area contributed by atoms with Crippen LogP contribution in [0.5, 0.6) is 0 Å². The van der Waals surface area contributed by atoms with Gasteiger partial charge in [-0.3, -0.25) is 9.59 Å². The molecule has 1 aliphatic rings. The first-order valence-electron chi connectivity index (χ1n) is 9.28. The summed E-state index contributed by atoms with van der Waals surface area (Å²) in [6, 6.07) is 8.00. The van der Waals surface area contributed by atoms with Crippen LogP contribution in [0, 0.1) is 5.92 Å². The molecule has 0 radical (unpaired) electrons. The van der Waals surface area contributed by atoms with E-state index >= 15 is 0 Å². The van der Waals surface area contributed by atoms with E-state index in [4.69, 9.17) is 23.2 Å². The van der Waals surface area contributed by atoms with E-state index in [1.54, 1.807) is 24.4 Å². The molecule has 1 aromatic carbocycles. The van der Waals surface area contributed by atoms with Gasteiger partial charge in [-0.05, 0) is 74.9 Å². The van der Waals surface area contributed by atoms with Crippen molar-refractivity contribution in [1.29, 1.82) is 0 Å². The lowest BCUT2D eigenvalue weighted by atomic mass is 10.1. The van der Waals surface area contributed by atoms with Crippen LogP contribution in [-0.2, 0) is 0 Å². The minimum absolute atomic E-state index is 0.179. The second-order valence-electron chi connectivity index (χ2n) is 6.99. The molecule has 3 aromatic rings. The number of rotatable bonds is 6. The van der Waals surface area contributed by atoms with Crippen molar-refractivity contribution in [3.8, 4) is 5.82 Å². The van der Waals surface area contributed by atoms with Gasteiger partial charge in [0.25, 0.3) is 11.8 Å². The standard InChI is InChI=1S/C20H15Br2Cl2N5O2/c21-13-7-11(23)6-12(19(30)26-9-10-3-4-10)17(13)27-20(31)15-8-16(22)28-29(15)18-14(24)2-1-5-25-18/h1-2,5-8,10H,3-4,9H2,(H,26,30)(H,27,31). The maximum absolute atomic E-state index is 13.2. The number of hydrogen-bond acceptors (Lipinski definition) is 4. The Kier molecular flexibility index (Phi) is 6.66. The Hall–Kier alpha value is -1.94. The Morgan fingerprint density at radius 2 is 1.94 bits per heavy atom. The number of hydrogen-bond donors (Lipinski definition) is 2. The fourth-order valence-corrected chi connectivity index (χ4v) is 4.41. The Morgan fingerprint density at radius 1 is 1.16 bits per heavy atom. The molecule has 2 aromatic heterocycles. The van der Waals surface area contributed by atoms with Crippen LogP contribution in [0.15, 0.2) is 45.6 Å². The summed E-state index contributed by atoms with van der Waals surface area (Å²) in [5.41, 5.74) is 0.742. The van der Waals surface area contributed by atoms with Crippen LogP contribution in [0.2, 0.25) is 10.0 Å². The van der Waals surface area contributed by atoms with Gasteiger partial charge in [0.05, 0.1) is 16.3 Å². The van der Waals surface area contributed by atoms with Crippen LogP contribution >= 0.6 is 55.1 Å². The summed E-state index contributed by atoms with van der Waals surface area (Å²) in [4.78, 5) is 30.1. The summed E-state index contributed by atoms with van der Waals surface area (Å²) in [6.07, 6.45) is 3.77. The van der Waals surface area contributed by atoms with Gasteiger partial charge in [0.15, 0.2) is 5.82 Å². The zero-order valence-corrected chi connectivity index (χ0v) is 20.5. The summed E-state index contributed by atoms with van der Waals surface area (Å²) in [7, 11) is 0. The van der Waals surface area contributed by atoms with Crippen LogP contribution in [0.4, 0.5) is 5.69 Å². The van der Waals surface area contributed by atoms with Gasteiger partial charge in [-0.15, -0.1) is 0 Å². The largest absolute Gasteiger partial charge is 0.352 e. The summed E-state index contributed by atoms with van der Waals surface area (Å²) in [5.74, 6) is 0.00377. The lowest BCUT2D eigenvalue weighted by Crippen LogP contribution is -2.27. The fraction of sp³-hybridized carbons (Fsp3) is 0.200. The molecule has 0 atom stereocenters. The lowest BCUT2D eigenvalue weighted by molar-refractivity contribution is 0.0952. The van der Waals surface area contributed by atoms with Crippen molar-refractivity contribution in [3.63, 3.8) is 0 Å². The van der Waals surface area contributed by atoms with Crippen molar-refractivity contribution in [2.75, 3.05) is 11.9 Å². The van der Waals surface area contributed by atoms with Gasteiger partial charge in [0.2, 0.25) is 0 Å². The second-order valence-corrected chi connectivity index (χ2v) is 9.50. The van der Waals surface area contributed by atoms with Gasteiger partial charge in [-0.25, -0.2) is 9.67 Å². The highest BCUT2D eigenvalue weighted by Gasteiger charge is 2.25. The molecule has 2 N–H and O–H groups in total. The molecule has 0 spiro atoms. The molecular formula is C20H15Br2Cl2N5O2. The topological polar surface area (TPSA) is 88.9 Å². The van der Waals surface area contributed by atoms with E-state index in [-0.39, 0.29) is 17.2 Å². The van der Waals surface area contributed by atoms with Crippen molar-refractivity contribution in [1.82, 2.24) is 20.1 Å². The molecule has 1 fully saturated rings. The van der Waals surface area contributed by atoms with E-state index in [0.717, 1.165) is 12.8 Å². The third kappa shape index (κ3) is 5.11. The van der Waals surface area contributed by atoms with Crippen molar-refractivity contribution in [2.24, 2.45) is 5.92 Å². The van der Waals surface area contributed by atoms with Crippen LogP contribution in [0.3, 0.4) is 0 Å². The first kappa shape index (κ1) is 22.3. The Balaban J connectivity index is 1.66. The summed E-state index contributed by atoms with van der Waals surface area (Å²) >= 11 is 19.1. The lowest BCUT2D eigenvalue weighted by Gasteiger charge is -2.14. The van der Waals surface area contributed by atoms with Crippen LogP contribution in [0.25, 0.3) is 5.82 Å². The molecule has 0 aliphatic heterocycles. The molecule has 4 rings (SSSR count). The first-order chi connectivity index (χ1) is 14.8. The van der Waals surface area contributed by atoms with Gasteiger partial charge in [-0.1, -0.05) is 23.2 Å². The highest BCUT2D eigenvalue weighted by molar-refractivity contribution is 9.10. The second kappa shape index (κ2) is 9.28. The van der Waals surface area contributed by atoms with E-state index in [1.165, 1.54) is 16.8 Å². The summed E-state index contributed by atoms with van der Waals surface area (Å²) in [6.45, 7) is 0.592. The molecule has 0 saturated heterocycles. The number of aromatic nitrogens is 3. The molecule has 2 amide bonds. The number of carbonyl (C=O) groups excluding carboxylic acids is 2. The molecule has 11 heteroatoms. The van der Waals surface area contributed by atoms with Gasteiger partial charge in [0.1, 0.15) is 10.3 Å². The van der Waals surface area contributed by atoms with Crippen LogP contribution < -0.4 is 10.6 Å². The maximum atomic E-state index is 13.2. The van der Waals surface area contributed by atoms with Crippen LogP contribution in [-0.4, -0.2) is 33.1 Å². The number of halogens is 4. The Morgan fingerprint density at radius 3 is 2.65 bits per heavy atom. The predicted molar refractivity (Wildman–Crippen MR) is 126 cm³/mol. The molecule has 0 unspecified atom stereocenters. The highest BCUT2D eigenvalue weighted by Crippen LogP contribution is 2.32. The van der Waals surface area contributed by atoms with E-state index in [0.29, 0.717) is 43.1 Å². The van der Waals surface area contributed by atoms with E-state index < -0.39 is 5.91 Å². The first-order valence-corrected chi connectivity index (χ1v) is 11.6.